The van der Waals surface area contributed by atoms with Gasteiger partial charge in [-0.3, -0.25) is 0 Å². The molecule has 2 nitrogen and oxygen atoms in total. The maximum Gasteiger partial charge on any atom is 0.137 e. The van der Waals surface area contributed by atoms with Crippen LogP contribution in [0.25, 0.3) is 0 Å². The van der Waals surface area contributed by atoms with E-state index in [1.165, 1.54) is 6.07 Å². The summed E-state index contributed by atoms with van der Waals surface area (Å²) >= 11 is 3.11. The molecule has 0 atom stereocenters. The van der Waals surface area contributed by atoms with Crippen LogP contribution in [-0.4, -0.2) is 6.54 Å². The molecule has 0 bridgehead atoms. The molecule has 0 spiro atoms. The summed E-state index contributed by atoms with van der Waals surface area (Å²) in [7, 11) is 0. The number of rotatable bonds is 6. The SMILES string of the molecule is N#CCCCCNCc1ccc(Br)c(F)c1. The van der Waals surface area contributed by atoms with Crippen LogP contribution < -0.4 is 5.32 Å². The molecule has 16 heavy (non-hydrogen) atoms. The van der Waals surface area contributed by atoms with E-state index >= 15 is 0 Å². The summed E-state index contributed by atoms with van der Waals surface area (Å²) in [6.45, 7) is 1.52. The third-order valence-corrected chi connectivity index (χ3v) is 2.85. The van der Waals surface area contributed by atoms with Crippen LogP contribution in [-0.2, 0) is 6.54 Å². The van der Waals surface area contributed by atoms with Crippen molar-refractivity contribution >= 4 is 15.9 Å². The van der Waals surface area contributed by atoms with Gasteiger partial charge in [0, 0.05) is 13.0 Å². The second-order valence-electron chi connectivity index (χ2n) is 3.54. The number of hydrogen-bond donors (Lipinski definition) is 1. The molecule has 0 saturated carbocycles. The Labute approximate surface area is 104 Å². The highest BCUT2D eigenvalue weighted by atomic mass is 79.9. The minimum absolute atomic E-state index is 0.233. The van der Waals surface area contributed by atoms with Gasteiger partial charge >= 0.3 is 0 Å². The second-order valence-corrected chi connectivity index (χ2v) is 4.39. The number of nitrogens with one attached hydrogen (secondary N) is 1. The normalized spacial score (nSPS) is 10.1. The molecule has 86 valence electrons. The highest BCUT2D eigenvalue weighted by Crippen LogP contribution is 2.16. The van der Waals surface area contributed by atoms with Crippen LogP contribution in [0, 0.1) is 17.1 Å². The first kappa shape index (κ1) is 13.1. The summed E-state index contributed by atoms with van der Waals surface area (Å²) in [5, 5.41) is 11.6. The summed E-state index contributed by atoms with van der Waals surface area (Å²) in [4.78, 5) is 0. The Bertz CT molecular complexity index is 374. The van der Waals surface area contributed by atoms with E-state index in [9.17, 15) is 4.39 Å². The lowest BCUT2D eigenvalue weighted by molar-refractivity contribution is 0.606. The molecule has 0 unspecified atom stereocenters. The van der Waals surface area contributed by atoms with Gasteiger partial charge in [-0.05, 0) is 53.0 Å². The molecule has 0 aliphatic carbocycles. The van der Waals surface area contributed by atoms with Crippen molar-refractivity contribution in [3.63, 3.8) is 0 Å². The van der Waals surface area contributed by atoms with Crippen LogP contribution >= 0.6 is 15.9 Å². The Hall–Kier alpha value is -0.920. The third kappa shape index (κ3) is 4.73. The van der Waals surface area contributed by atoms with Crippen molar-refractivity contribution < 1.29 is 4.39 Å². The summed E-state index contributed by atoms with van der Waals surface area (Å²) in [6.07, 6.45) is 2.50. The fraction of sp³-hybridized carbons (Fsp3) is 0.417. The van der Waals surface area contributed by atoms with E-state index in [1.807, 2.05) is 6.07 Å². The Morgan fingerprint density at radius 1 is 1.38 bits per heavy atom. The summed E-state index contributed by atoms with van der Waals surface area (Å²) in [5.74, 6) is -0.233. The molecule has 0 saturated heterocycles. The van der Waals surface area contributed by atoms with E-state index in [1.54, 1.807) is 6.07 Å². The number of nitrogens with zero attached hydrogens (tertiary/aromatic N) is 1. The number of halogens is 2. The van der Waals surface area contributed by atoms with Crippen molar-refractivity contribution in [2.24, 2.45) is 0 Å². The zero-order chi connectivity index (χ0) is 11.8. The van der Waals surface area contributed by atoms with Gasteiger partial charge in [-0.1, -0.05) is 6.07 Å². The van der Waals surface area contributed by atoms with Crippen molar-refractivity contribution in [3.05, 3.63) is 34.1 Å². The molecule has 0 aliphatic rings. The number of benzene rings is 1. The highest BCUT2D eigenvalue weighted by molar-refractivity contribution is 9.10. The van der Waals surface area contributed by atoms with Gasteiger partial charge in [-0.15, -0.1) is 0 Å². The van der Waals surface area contributed by atoms with Crippen molar-refractivity contribution in [3.8, 4) is 6.07 Å². The Kier molecular flexibility index (Phi) is 6.05. The standard InChI is InChI=1S/C12H14BrFN2/c13-11-5-4-10(8-12(11)14)9-16-7-3-1-2-6-15/h4-5,8,16H,1-3,7,9H2. The van der Waals surface area contributed by atoms with Gasteiger partial charge in [0.25, 0.3) is 0 Å². The van der Waals surface area contributed by atoms with Crippen molar-refractivity contribution in [1.29, 1.82) is 5.26 Å². The highest BCUT2D eigenvalue weighted by Gasteiger charge is 1.99. The van der Waals surface area contributed by atoms with Gasteiger partial charge in [-0.25, -0.2) is 4.39 Å². The van der Waals surface area contributed by atoms with Gasteiger partial charge in [0.05, 0.1) is 10.5 Å². The molecule has 0 fully saturated rings. The first-order valence-corrected chi connectivity index (χ1v) is 6.05. The number of hydrogen-bond acceptors (Lipinski definition) is 2. The zero-order valence-corrected chi connectivity index (χ0v) is 10.6. The predicted molar refractivity (Wildman–Crippen MR) is 65.3 cm³/mol. The smallest absolute Gasteiger partial charge is 0.137 e. The topological polar surface area (TPSA) is 35.8 Å². The minimum atomic E-state index is -0.233. The lowest BCUT2D eigenvalue weighted by atomic mass is 10.2. The van der Waals surface area contributed by atoms with E-state index in [0.717, 1.165) is 24.9 Å². The number of unbranched alkanes of at least 4 members (excludes halogenated alkanes) is 2. The predicted octanol–water partition coefficient (Wildman–Crippen LogP) is 3.37. The van der Waals surface area contributed by atoms with Gasteiger partial charge < -0.3 is 5.32 Å². The molecule has 0 aliphatic heterocycles. The molecule has 0 radical (unpaired) electrons. The molecule has 1 aromatic carbocycles. The molecule has 0 amide bonds. The average molecular weight is 285 g/mol. The van der Waals surface area contributed by atoms with Crippen LogP contribution in [0.2, 0.25) is 0 Å². The average Bonchev–Trinajstić information content (AvgIpc) is 2.28. The molecule has 1 N–H and O–H groups in total. The fourth-order valence-corrected chi connectivity index (χ4v) is 1.58. The Morgan fingerprint density at radius 3 is 2.88 bits per heavy atom. The molecular formula is C12H14BrFN2. The molecule has 1 aromatic rings. The van der Waals surface area contributed by atoms with E-state index in [2.05, 4.69) is 27.3 Å². The van der Waals surface area contributed by atoms with Crippen LogP contribution in [0.5, 0.6) is 0 Å². The van der Waals surface area contributed by atoms with Crippen LogP contribution in [0.1, 0.15) is 24.8 Å². The molecule has 0 heterocycles. The first-order chi connectivity index (χ1) is 7.74. The lowest BCUT2D eigenvalue weighted by Crippen LogP contribution is -2.14. The van der Waals surface area contributed by atoms with Crippen LogP contribution in [0.4, 0.5) is 4.39 Å². The summed E-state index contributed by atoms with van der Waals surface area (Å²) in [6, 6.07) is 7.22. The summed E-state index contributed by atoms with van der Waals surface area (Å²) in [5.41, 5.74) is 0.931. The minimum Gasteiger partial charge on any atom is -0.313 e. The van der Waals surface area contributed by atoms with Crippen LogP contribution in [0.15, 0.2) is 22.7 Å². The van der Waals surface area contributed by atoms with Gasteiger partial charge in [0.15, 0.2) is 0 Å². The van der Waals surface area contributed by atoms with Gasteiger partial charge in [-0.2, -0.15) is 5.26 Å². The van der Waals surface area contributed by atoms with Crippen molar-refractivity contribution in [2.45, 2.75) is 25.8 Å². The Balaban J connectivity index is 2.22. The van der Waals surface area contributed by atoms with E-state index in [0.29, 0.717) is 17.4 Å². The number of nitriles is 1. The second kappa shape index (κ2) is 7.37. The third-order valence-electron chi connectivity index (χ3n) is 2.21. The van der Waals surface area contributed by atoms with E-state index in [4.69, 9.17) is 5.26 Å². The molecule has 4 heteroatoms. The maximum absolute atomic E-state index is 13.1. The van der Waals surface area contributed by atoms with Crippen molar-refractivity contribution in [2.75, 3.05) is 6.54 Å². The molecule has 0 aromatic heterocycles. The van der Waals surface area contributed by atoms with Gasteiger partial charge in [0.2, 0.25) is 0 Å². The Morgan fingerprint density at radius 2 is 2.19 bits per heavy atom. The summed E-state index contributed by atoms with van der Waals surface area (Å²) < 4.78 is 13.6. The lowest BCUT2D eigenvalue weighted by Gasteiger charge is -2.04. The zero-order valence-electron chi connectivity index (χ0n) is 8.97. The monoisotopic (exact) mass is 284 g/mol. The quantitative estimate of drug-likeness (QED) is 0.813. The van der Waals surface area contributed by atoms with E-state index in [-0.39, 0.29) is 5.82 Å². The van der Waals surface area contributed by atoms with E-state index < -0.39 is 0 Å². The largest absolute Gasteiger partial charge is 0.313 e. The molecule has 1 rings (SSSR count). The molecular weight excluding hydrogens is 271 g/mol. The fourth-order valence-electron chi connectivity index (χ4n) is 1.34. The van der Waals surface area contributed by atoms with Crippen molar-refractivity contribution in [1.82, 2.24) is 5.32 Å². The maximum atomic E-state index is 13.1. The van der Waals surface area contributed by atoms with Crippen LogP contribution in [0.3, 0.4) is 0 Å². The van der Waals surface area contributed by atoms with Gasteiger partial charge in [0.1, 0.15) is 5.82 Å². The first-order valence-electron chi connectivity index (χ1n) is 5.25.